The van der Waals surface area contributed by atoms with E-state index in [4.69, 9.17) is 14.2 Å². The highest BCUT2D eigenvalue weighted by Gasteiger charge is 2.24. The summed E-state index contributed by atoms with van der Waals surface area (Å²) < 4.78 is 17.8. The van der Waals surface area contributed by atoms with E-state index in [2.05, 4.69) is 33.4 Å². The van der Waals surface area contributed by atoms with Gasteiger partial charge < -0.3 is 14.2 Å². The molecule has 0 N–H and O–H groups in total. The van der Waals surface area contributed by atoms with Crippen LogP contribution in [0.4, 0.5) is 0 Å². The van der Waals surface area contributed by atoms with Crippen molar-refractivity contribution in [2.24, 2.45) is 0 Å². The molecule has 0 heterocycles. The van der Waals surface area contributed by atoms with Gasteiger partial charge >= 0.3 is 0 Å². The van der Waals surface area contributed by atoms with E-state index in [1.54, 1.807) is 42.5 Å². The summed E-state index contributed by atoms with van der Waals surface area (Å²) in [6.45, 7) is 18.5. The van der Waals surface area contributed by atoms with Crippen LogP contribution in [0.3, 0.4) is 0 Å². The summed E-state index contributed by atoms with van der Waals surface area (Å²) in [6, 6.07) is 11.1. The SMILES string of the molecule is C=CCOc1ccc(C(=O)/C=C/c2c(OC(C)C)ccc(C(C)(C)C)c2OC(C)C)cc1. The van der Waals surface area contributed by atoms with Crippen molar-refractivity contribution in [1.29, 1.82) is 0 Å². The molecule has 0 saturated heterocycles. The molecule has 172 valence electrons. The van der Waals surface area contributed by atoms with Crippen LogP contribution in [-0.2, 0) is 5.41 Å². The predicted octanol–water partition coefficient (Wildman–Crippen LogP) is 7.02. The maximum atomic E-state index is 12.9. The van der Waals surface area contributed by atoms with E-state index in [-0.39, 0.29) is 23.4 Å². The van der Waals surface area contributed by atoms with Crippen LogP contribution < -0.4 is 14.2 Å². The third kappa shape index (κ3) is 7.01. The second-order valence-corrected chi connectivity index (χ2v) is 9.26. The lowest BCUT2D eigenvalue weighted by Gasteiger charge is -2.27. The van der Waals surface area contributed by atoms with Crippen LogP contribution in [0, 0.1) is 0 Å². The van der Waals surface area contributed by atoms with Crippen LogP contribution in [0.2, 0.25) is 0 Å². The number of rotatable bonds is 10. The zero-order chi connectivity index (χ0) is 23.9. The third-order valence-electron chi connectivity index (χ3n) is 4.59. The molecule has 0 aliphatic rings. The van der Waals surface area contributed by atoms with Gasteiger partial charge in [-0.3, -0.25) is 4.79 Å². The van der Waals surface area contributed by atoms with Crippen LogP contribution in [0.15, 0.2) is 55.1 Å². The molecule has 0 amide bonds. The van der Waals surface area contributed by atoms with Crippen molar-refractivity contribution in [1.82, 2.24) is 0 Å². The van der Waals surface area contributed by atoms with E-state index in [0.29, 0.717) is 23.7 Å². The summed E-state index contributed by atoms with van der Waals surface area (Å²) >= 11 is 0. The average Bonchev–Trinajstić information content (AvgIpc) is 2.70. The van der Waals surface area contributed by atoms with Gasteiger partial charge in [0, 0.05) is 11.1 Å². The number of carbonyl (C=O) groups is 1. The van der Waals surface area contributed by atoms with Crippen LogP contribution in [0.5, 0.6) is 17.2 Å². The van der Waals surface area contributed by atoms with Gasteiger partial charge in [0.25, 0.3) is 0 Å². The zero-order valence-corrected chi connectivity index (χ0v) is 20.4. The van der Waals surface area contributed by atoms with Gasteiger partial charge in [0.2, 0.25) is 0 Å². The lowest BCUT2D eigenvalue weighted by atomic mass is 9.84. The summed E-state index contributed by atoms with van der Waals surface area (Å²) in [7, 11) is 0. The Morgan fingerprint density at radius 3 is 2.12 bits per heavy atom. The van der Waals surface area contributed by atoms with Crippen LogP contribution in [0.25, 0.3) is 6.08 Å². The molecule has 0 radical (unpaired) electrons. The smallest absolute Gasteiger partial charge is 0.185 e. The van der Waals surface area contributed by atoms with Gasteiger partial charge in [-0.25, -0.2) is 0 Å². The van der Waals surface area contributed by atoms with Gasteiger partial charge in [-0.05, 0) is 75.6 Å². The van der Waals surface area contributed by atoms with Gasteiger partial charge in [0.05, 0.1) is 17.8 Å². The largest absolute Gasteiger partial charge is 0.490 e. The monoisotopic (exact) mass is 436 g/mol. The molecule has 0 saturated carbocycles. The molecule has 0 spiro atoms. The van der Waals surface area contributed by atoms with E-state index in [1.807, 2.05) is 33.8 Å². The van der Waals surface area contributed by atoms with Crippen LogP contribution in [-0.4, -0.2) is 24.6 Å². The molecule has 0 aliphatic heterocycles. The molecule has 32 heavy (non-hydrogen) atoms. The zero-order valence-electron chi connectivity index (χ0n) is 20.4. The number of allylic oxidation sites excluding steroid dienone is 1. The second-order valence-electron chi connectivity index (χ2n) is 9.26. The molecule has 0 aromatic heterocycles. The molecule has 2 rings (SSSR count). The Balaban J connectivity index is 2.47. The predicted molar refractivity (Wildman–Crippen MR) is 132 cm³/mol. The van der Waals surface area contributed by atoms with Gasteiger partial charge in [-0.2, -0.15) is 0 Å². The number of hydrogen-bond donors (Lipinski definition) is 0. The lowest BCUT2D eigenvalue weighted by molar-refractivity contribution is 0.104. The standard InChI is InChI=1S/C28H36O4/c1-9-18-30-22-12-10-21(11-13-22)25(29)16-14-23-26(31-19(2)3)17-15-24(28(6,7)8)27(23)32-20(4)5/h9-17,19-20H,1,18H2,2-8H3/b16-14+. The van der Waals surface area contributed by atoms with Gasteiger partial charge in [0.15, 0.2) is 5.78 Å². The van der Waals surface area contributed by atoms with Gasteiger partial charge in [-0.1, -0.05) is 39.5 Å². The molecule has 2 aromatic rings. The van der Waals surface area contributed by atoms with Gasteiger partial charge in [0.1, 0.15) is 23.9 Å². The maximum Gasteiger partial charge on any atom is 0.185 e. The first kappa shape index (κ1) is 25.3. The summed E-state index contributed by atoms with van der Waals surface area (Å²) in [5.74, 6) is 2.04. The van der Waals surface area contributed by atoms with Crippen LogP contribution in [0.1, 0.15) is 70.0 Å². The average molecular weight is 437 g/mol. The molecule has 4 heteroatoms. The molecule has 0 unspecified atom stereocenters. The van der Waals surface area contributed by atoms with Gasteiger partial charge in [-0.15, -0.1) is 0 Å². The molecule has 0 atom stereocenters. The second kappa shape index (κ2) is 11.0. The fourth-order valence-electron chi connectivity index (χ4n) is 3.18. The number of ether oxygens (including phenoxy) is 3. The Labute approximate surface area is 192 Å². The Morgan fingerprint density at radius 2 is 1.59 bits per heavy atom. The number of carbonyl (C=O) groups excluding carboxylic acids is 1. The summed E-state index contributed by atoms with van der Waals surface area (Å²) in [5, 5.41) is 0. The number of benzene rings is 2. The Kier molecular flexibility index (Phi) is 8.71. The van der Waals surface area contributed by atoms with Crippen molar-refractivity contribution in [3.8, 4) is 17.2 Å². The number of hydrogen-bond acceptors (Lipinski definition) is 4. The highest BCUT2D eigenvalue weighted by atomic mass is 16.5. The minimum Gasteiger partial charge on any atom is -0.490 e. The van der Waals surface area contributed by atoms with Crippen molar-refractivity contribution < 1.29 is 19.0 Å². The maximum absolute atomic E-state index is 12.9. The van der Waals surface area contributed by atoms with E-state index in [0.717, 1.165) is 16.9 Å². The summed E-state index contributed by atoms with van der Waals surface area (Å²) in [6.07, 6.45) is 5.03. The Bertz CT molecular complexity index is 945. The quantitative estimate of drug-likeness (QED) is 0.228. The normalized spacial score (nSPS) is 11.8. The highest BCUT2D eigenvalue weighted by molar-refractivity contribution is 6.07. The Morgan fingerprint density at radius 1 is 0.969 bits per heavy atom. The van der Waals surface area contributed by atoms with Crippen LogP contribution >= 0.6 is 0 Å². The van der Waals surface area contributed by atoms with Crippen molar-refractivity contribution in [3.63, 3.8) is 0 Å². The fraction of sp³-hybridized carbons (Fsp3) is 0.393. The molecule has 0 bridgehead atoms. The minimum absolute atomic E-state index is 0.00616. The highest BCUT2D eigenvalue weighted by Crippen LogP contribution is 2.40. The summed E-state index contributed by atoms with van der Waals surface area (Å²) in [5.41, 5.74) is 2.29. The van der Waals surface area contributed by atoms with Crippen molar-refractivity contribution in [3.05, 3.63) is 71.8 Å². The Hall–Kier alpha value is -3.01. The molecule has 2 aromatic carbocycles. The molecular weight excluding hydrogens is 400 g/mol. The summed E-state index contributed by atoms with van der Waals surface area (Å²) in [4.78, 5) is 12.9. The van der Waals surface area contributed by atoms with E-state index in [9.17, 15) is 4.79 Å². The minimum atomic E-state index is -0.131. The molecule has 4 nitrogen and oxygen atoms in total. The first-order valence-electron chi connectivity index (χ1n) is 11.1. The van der Waals surface area contributed by atoms with E-state index in [1.165, 1.54) is 0 Å². The van der Waals surface area contributed by atoms with Crippen molar-refractivity contribution in [2.75, 3.05) is 6.61 Å². The first-order valence-corrected chi connectivity index (χ1v) is 11.1. The fourth-order valence-corrected chi connectivity index (χ4v) is 3.18. The molecule has 0 fully saturated rings. The molecular formula is C28H36O4. The topological polar surface area (TPSA) is 44.8 Å². The molecule has 0 aliphatic carbocycles. The lowest BCUT2D eigenvalue weighted by Crippen LogP contribution is -2.18. The van der Waals surface area contributed by atoms with E-state index < -0.39 is 0 Å². The van der Waals surface area contributed by atoms with E-state index >= 15 is 0 Å². The first-order chi connectivity index (χ1) is 15.0. The van der Waals surface area contributed by atoms with Crippen molar-refractivity contribution >= 4 is 11.9 Å². The van der Waals surface area contributed by atoms with Crippen molar-refractivity contribution in [2.45, 2.75) is 66.1 Å². The number of ketones is 1. The third-order valence-corrected chi connectivity index (χ3v) is 4.59.